The van der Waals surface area contributed by atoms with E-state index in [1.807, 2.05) is 0 Å². The van der Waals surface area contributed by atoms with Gasteiger partial charge in [-0.2, -0.15) is 13.2 Å². The second-order valence-corrected chi connectivity index (χ2v) is 5.60. The lowest BCUT2D eigenvalue weighted by molar-refractivity contribution is -0.156. The summed E-state index contributed by atoms with van der Waals surface area (Å²) in [5, 5.41) is 20.5. The smallest absolute Gasteiger partial charge is 0.416 e. The van der Waals surface area contributed by atoms with E-state index in [4.69, 9.17) is 5.11 Å². The summed E-state index contributed by atoms with van der Waals surface area (Å²) in [7, 11) is 0. The Kier molecular flexibility index (Phi) is 5.76. The molecule has 0 aromatic heterocycles. The third-order valence-corrected chi connectivity index (χ3v) is 3.34. The van der Waals surface area contributed by atoms with Gasteiger partial charge < -0.3 is 15.5 Å². The van der Waals surface area contributed by atoms with Crippen molar-refractivity contribution in [3.05, 3.63) is 35.4 Å². The fourth-order valence-electron chi connectivity index (χ4n) is 1.79. The van der Waals surface area contributed by atoms with Gasteiger partial charge in [-0.05, 0) is 31.0 Å². The van der Waals surface area contributed by atoms with Crippen LogP contribution >= 0.6 is 0 Å². The molecular weight excluding hydrogens is 315 g/mol. The highest BCUT2D eigenvalue weighted by Gasteiger charge is 2.31. The number of hydrogen-bond donors (Lipinski definition) is 3. The van der Waals surface area contributed by atoms with E-state index in [1.165, 1.54) is 12.1 Å². The van der Waals surface area contributed by atoms with Crippen molar-refractivity contribution in [3.63, 3.8) is 0 Å². The van der Waals surface area contributed by atoms with Gasteiger partial charge in [0.05, 0.1) is 12.1 Å². The Morgan fingerprint density at radius 3 is 2.17 bits per heavy atom. The zero-order chi connectivity index (χ0) is 17.8. The third-order valence-electron chi connectivity index (χ3n) is 3.34. The molecule has 1 aromatic rings. The van der Waals surface area contributed by atoms with E-state index >= 15 is 0 Å². The highest BCUT2D eigenvalue weighted by Crippen LogP contribution is 2.29. The van der Waals surface area contributed by atoms with Crippen LogP contribution in [0.5, 0.6) is 0 Å². The molecule has 0 saturated carbocycles. The van der Waals surface area contributed by atoms with Crippen LogP contribution in [-0.4, -0.2) is 34.2 Å². The van der Waals surface area contributed by atoms with E-state index in [0.717, 1.165) is 19.1 Å². The van der Waals surface area contributed by atoms with Gasteiger partial charge in [-0.25, -0.2) is 4.79 Å². The first-order valence-corrected chi connectivity index (χ1v) is 6.83. The Morgan fingerprint density at radius 2 is 1.74 bits per heavy atom. The SMILES string of the molecule is CC(Cc1ccc(C(F)(F)F)cc1)C(=O)NCC(C)(O)C(=O)O. The Morgan fingerprint density at radius 1 is 1.22 bits per heavy atom. The van der Waals surface area contributed by atoms with E-state index in [9.17, 15) is 27.9 Å². The average Bonchev–Trinajstić information content (AvgIpc) is 2.44. The molecule has 1 aromatic carbocycles. The number of nitrogens with one attached hydrogen (secondary N) is 1. The minimum atomic E-state index is -4.41. The lowest BCUT2D eigenvalue weighted by atomic mass is 9.98. The molecule has 3 N–H and O–H groups in total. The van der Waals surface area contributed by atoms with Crippen molar-refractivity contribution in [2.45, 2.75) is 32.0 Å². The lowest BCUT2D eigenvalue weighted by Crippen LogP contribution is -2.47. The summed E-state index contributed by atoms with van der Waals surface area (Å²) < 4.78 is 37.4. The molecule has 1 rings (SSSR count). The second-order valence-electron chi connectivity index (χ2n) is 5.60. The number of aliphatic hydroxyl groups is 1. The number of carbonyl (C=O) groups is 2. The number of alkyl halides is 3. The van der Waals surface area contributed by atoms with Gasteiger partial charge in [0, 0.05) is 5.92 Å². The zero-order valence-electron chi connectivity index (χ0n) is 12.6. The van der Waals surface area contributed by atoms with Crippen molar-refractivity contribution in [1.82, 2.24) is 5.32 Å². The topological polar surface area (TPSA) is 86.6 Å². The van der Waals surface area contributed by atoms with Crippen molar-refractivity contribution < 1.29 is 33.0 Å². The van der Waals surface area contributed by atoms with Gasteiger partial charge in [0.15, 0.2) is 5.60 Å². The number of halogens is 3. The fourth-order valence-corrected chi connectivity index (χ4v) is 1.79. The normalized spacial score (nSPS) is 15.6. The highest BCUT2D eigenvalue weighted by atomic mass is 19.4. The lowest BCUT2D eigenvalue weighted by Gasteiger charge is -2.20. The molecule has 0 radical (unpaired) electrons. The third kappa shape index (κ3) is 5.55. The van der Waals surface area contributed by atoms with Crippen LogP contribution in [0, 0.1) is 5.92 Å². The zero-order valence-corrected chi connectivity index (χ0v) is 12.6. The quantitative estimate of drug-likeness (QED) is 0.741. The molecule has 0 aliphatic carbocycles. The summed E-state index contributed by atoms with van der Waals surface area (Å²) in [6.45, 7) is 2.15. The Balaban J connectivity index is 2.60. The first-order valence-electron chi connectivity index (χ1n) is 6.83. The van der Waals surface area contributed by atoms with Crippen LogP contribution < -0.4 is 5.32 Å². The number of carboxylic acid groups (broad SMARTS) is 1. The number of carboxylic acids is 1. The summed E-state index contributed by atoms with van der Waals surface area (Å²) in [5.41, 5.74) is -2.30. The molecule has 0 heterocycles. The van der Waals surface area contributed by atoms with Crippen LogP contribution in [0.4, 0.5) is 13.2 Å². The number of amides is 1. The van der Waals surface area contributed by atoms with Gasteiger partial charge in [0.1, 0.15) is 0 Å². The van der Waals surface area contributed by atoms with E-state index in [0.29, 0.717) is 5.56 Å². The minimum Gasteiger partial charge on any atom is -0.479 e. The number of rotatable bonds is 6. The summed E-state index contributed by atoms with van der Waals surface area (Å²) in [6, 6.07) is 4.46. The predicted molar refractivity (Wildman–Crippen MR) is 75.6 cm³/mol. The van der Waals surface area contributed by atoms with Crippen molar-refractivity contribution in [2.24, 2.45) is 5.92 Å². The molecule has 0 spiro atoms. The highest BCUT2D eigenvalue weighted by molar-refractivity contribution is 5.81. The van der Waals surface area contributed by atoms with Gasteiger partial charge in [-0.1, -0.05) is 19.1 Å². The molecule has 23 heavy (non-hydrogen) atoms. The first kappa shape index (κ1) is 19.0. The summed E-state index contributed by atoms with van der Waals surface area (Å²) >= 11 is 0. The molecule has 0 fully saturated rings. The molecule has 5 nitrogen and oxygen atoms in total. The van der Waals surface area contributed by atoms with Gasteiger partial charge in [-0.15, -0.1) is 0 Å². The predicted octanol–water partition coefficient (Wildman–Crippen LogP) is 1.84. The van der Waals surface area contributed by atoms with Crippen molar-refractivity contribution in [1.29, 1.82) is 0 Å². The maximum absolute atomic E-state index is 12.5. The minimum absolute atomic E-state index is 0.194. The Bertz CT molecular complexity index is 567. The molecule has 2 unspecified atom stereocenters. The summed E-state index contributed by atoms with van der Waals surface area (Å²) in [6.07, 6.45) is -4.22. The number of hydrogen-bond acceptors (Lipinski definition) is 3. The van der Waals surface area contributed by atoms with Gasteiger partial charge in [0.25, 0.3) is 0 Å². The second kappa shape index (κ2) is 6.99. The van der Waals surface area contributed by atoms with Crippen LogP contribution in [0.25, 0.3) is 0 Å². The monoisotopic (exact) mass is 333 g/mol. The van der Waals surface area contributed by atoms with Gasteiger partial charge in [-0.3, -0.25) is 4.79 Å². The molecule has 2 atom stereocenters. The van der Waals surface area contributed by atoms with Crippen LogP contribution in [0.3, 0.4) is 0 Å². The fraction of sp³-hybridized carbons (Fsp3) is 0.467. The van der Waals surface area contributed by atoms with Crippen molar-refractivity contribution >= 4 is 11.9 Å². The summed E-state index contributed by atoms with van der Waals surface area (Å²) in [5.74, 6) is -2.55. The largest absolute Gasteiger partial charge is 0.479 e. The van der Waals surface area contributed by atoms with Crippen molar-refractivity contribution in [3.8, 4) is 0 Å². The molecule has 8 heteroatoms. The first-order chi connectivity index (χ1) is 10.4. The molecular formula is C15H18F3NO4. The van der Waals surface area contributed by atoms with Crippen LogP contribution in [0.2, 0.25) is 0 Å². The molecule has 0 aliphatic rings. The average molecular weight is 333 g/mol. The van der Waals surface area contributed by atoms with Gasteiger partial charge >= 0.3 is 12.1 Å². The maximum atomic E-state index is 12.5. The molecule has 0 aliphatic heterocycles. The Labute approximate surface area is 131 Å². The Hall–Kier alpha value is -2.09. The maximum Gasteiger partial charge on any atom is 0.416 e. The molecule has 0 saturated heterocycles. The van der Waals surface area contributed by atoms with Crippen LogP contribution in [0.15, 0.2) is 24.3 Å². The van der Waals surface area contributed by atoms with E-state index in [1.54, 1.807) is 6.92 Å². The molecule has 0 bridgehead atoms. The van der Waals surface area contributed by atoms with E-state index < -0.39 is 41.7 Å². The number of carbonyl (C=O) groups excluding carboxylic acids is 1. The van der Waals surface area contributed by atoms with Crippen LogP contribution in [-0.2, 0) is 22.2 Å². The molecule has 128 valence electrons. The van der Waals surface area contributed by atoms with Gasteiger partial charge in [0.2, 0.25) is 5.91 Å². The van der Waals surface area contributed by atoms with Crippen LogP contribution in [0.1, 0.15) is 25.0 Å². The van der Waals surface area contributed by atoms with E-state index in [-0.39, 0.29) is 6.42 Å². The van der Waals surface area contributed by atoms with E-state index in [2.05, 4.69) is 5.32 Å². The number of benzene rings is 1. The molecule has 1 amide bonds. The van der Waals surface area contributed by atoms with Crippen molar-refractivity contribution in [2.75, 3.05) is 6.54 Å². The number of aliphatic carboxylic acids is 1. The summed E-state index contributed by atoms with van der Waals surface area (Å²) in [4.78, 5) is 22.6. The standard InChI is InChI=1S/C15H18F3NO4/c1-9(12(20)19-8-14(2,23)13(21)22)7-10-3-5-11(6-4-10)15(16,17)18/h3-6,9,23H,7-8H2,1-2H3,(H,19,20)(H,21,22).